The van der Waals surface area contributed by atoms with E-state index in [1.54, 1.807) is 33.0 Å². The van der Waals surface area contributed by atoms with Gasteiger partial charge in [-0.15, -0.1) is 0 Å². The zero-order chi connectivity index (χ0) is 32.4. The van der Waals surface area contributed by atoms with Gasteiger partial charge in [-0.05, 0) is 74.6 Å². The normalized spacial score (nSPS) is 21.4. The van der Waals surface area contributed by atoms with E-state index < -0.39 is 39.5 Å². The number of ether oxygens (including phenoxy) is 1. The molecular weight excluding hydrogens is 614 g/mol. The fraction of sp³-hybridized carbons (Fsp3) is 0.500. The van der Waals surface area contributed by atoms with Crippen molar-refractivity contribution in [2.75, 3.05) is 6.54 Å². The average molecular weight is 650 g/mol. The monoisotopic (exact) mass is 649 g/mol. The second-order valence-electron chi connectivity index (χ2n) is 13.2. The number of carbonyl (C=O) groups excluding carboxylic acids is 1. The van der Waals surface area contributed by atoms with Gasteiger partial charge in [0.15, 0.2) is 0 Å². The molecule has 1 aliphatic heterocycles. The SMILES string of the molecule is CC(C)(C)OC(=O)N1C[C@@H](F)C[C@H]1c1nc(-c2ccc(-c3ccc(OS(=O)(=O)C(F)(F)F)c4c3C3(CCCC3)CC4)cc2)c[nH]1. The Morgan fingerprint density at radius 2 is 1.69 bits per heavy atom. The standard InChI is InChI=1S/C32H35F4N3O5S/c1-30(2,3)43-29(40)39-18-21(33)16-25(39)28-37-17-24(38-28)20-8-6-19(7-9-20)22-10-11-26(44-45(41,42)32(34,35)36)23-12-15-31(27(22)23)13-4-5-14-31/h6-11,17,21,25H,4-5,12-16,18H2,1-3H3,(H,37,38)/t21-,25-/m0/s1. The molecule has 1 saturated carbocycles. The maximum atomic E-state index is 14.4. The summed E-state index contributed by atoms with van der Waals surface area (Å²) in [6.45, 7) is 5.17. The van der Waals surface area contributed by atoms with E-state index in [1.807, 2.05) is 24.3 Å². The molecule has 1 N–H and O–H groups in total. The molecule has 1 amide bonds. The quantitative estimate of drug-likeness (QED) is 0.172. The number of nitrogens with zero attached hydrogens (tertiary/aromatic N) is 2. The number of aromatic amines is 1. The summed E-state index contributed by atoms with van der Waals surface area (Å²) in [7, 11) is -5.80. The van der Waals surface area contributed by atoms with Crippen molar-refractivity contribution >= 4 is 16.2 Å². The summed E-state index contributed by atoms with van der Waals surface area (Å²) in [5, 5.41) is 0. The summed E-state index contributed by atoms with van der Waals surface area (Å²) < 4.78 is 87.7. The molecule has 2 atom stereocenters. The Morgan fingerprint density at radius 1 is 1.02 bits per heavy atom. The second kappa shape index (κ2) is 11.0. The largest absolute Gasteiger partial charge is 0.534 e. The van der Waals surface area contributed by atoms with Crippen LogP contribution >= 0.6 is 0 Å². The molecule has 0 unspecified atom stereocenters. The lowest BCUT2D eigenvalue weighted by Crippen LogP contribution is -2.37. The molecule has 6 rings (SSSR count). The lowest BCUT2D eigenvalue weighted by atomic mass is 9.77. The number of H-pyrrole nitrogens is 1. The third-order valence-electron chi connectivity index (χ3n) is 8.98. The van der Waals surface area contributed by atoms with Gasteiger partial charge in [0.05, 0.1) is 18.3 Å². The molecule has 1 spiro atoms. The van der Waals surface area contributed by atoms with Crippen molar-refractivity contribution in [1.29, 1.82) is 0 Å². The highest BCUT2D eigenvalue weighted by atomic mass is 32.2. The number of nitrogens with one attached hydrogen (secondary N) is 1. The summed E-state index contributed by atoms with van der Waals surface area (Å²) >= 11 is 0. The number of hydrogen-bond acceptors (Lipinski definition) is 6. The average Bonchev–Trinajstić information content (AvgIpc) is 3.75. The zero-order valence-corrected chi connectivity index (χ0v) is 26.0. The number of amides is 1. The van der Waals surface area contributed by atoms with Gasteiger partial charge in [0.2, 0.25) is 0 Å². The van der Waals surface area contributed by atoms with Gasteiger partial charge in [-0.2, -0.15) is 21.6 Å². The fourth-order valence-electron chi connectivity index (χ4n) is 7.05. The maximum Gasteiger partial charge on any atom is 0.534 e. The molecule has 1 aromatic heterocycles. The molecule has 0 radical (unpaired) electrons. The van der Waals surface area contributed by atoms with Crippen molar-refractivity contribution in [3.05, 3.63) is 59.5 Å². The van der Waals surface area contributed by atoms with E-state index >= 15 is 0 Å². The number of hydrogen-bond donors (Lipinski definition) is 1. The number of halogens is 4. The Bertz CT molecular complexity index is 1710. The highest BCUT2D eigenvalue weighted by Gasteiger charge is 2.50. The first-order valence-corrected chi connectivity index (χ1v) is 16.4. The second-order valence-corrected chi connectivity index (χ2v) is 14.7. The lowest BCUT2D eigenvalue weighted by Gasteiger charge is -2.28. The van der Waals surface area contributed by atoms with Crippen LogP contribution in [0.2, 0.25) is 0 Å². The summed E-state index contributed by atoms with van der Waals surface area (Å²) in [6.07, 6.45) is 4.86. The molecule has 0 bridgehead atoms. The van der Waals surface area contributed by atoms with E-state index in [9.17, 15) is 30.8 Å². The maximum absolute atomic E-state index is 14.4. The third kappa shape index (κ3) is 5.91. The van der Waals surface area contributed by atoms with Crippen LogP contribution in [0.1, 0.15) is 82.3 Å². The first-order chi connectivity index (χ1) is 21.1. The number of carbonyl (C=O) groups is 1. The molecule has 8 nitrogen and oxygen atoms in total. The Kier molecular flexibility index (Phi) is 7.69. The first-order valence-electron chi connectivity index (χ1n) is 15.0. The van der Waals surface area contributed by atoms with Gasteiger partial charge >= 0.3 is 21.7 Å². The van der Waals surface area contributed by atoms with E-state index in [0.29, 0.717) is 23.5 Å². The van der Waals surface area contributed by atoms with Crippen molar-refractivity contribution in [1.82, 2.24) is 14.9 Å². The highest BCUT2D eigenvalue weighted by molar-refractivity contribution is 7.88. The van der Waals surface area contributed by atoms with Gasteiger partial charge in [0, 0.05) is 23.7 Å². The molecule has 3 aliphatic rings. The van der Waals surface area contributed by atoms with Crippen LogP contribution in [0.25, 0.3) is 22.4 Å². The van der Waals surface area contributed by atoms with Crippen molar-refractivity contribution in [2.45, 2.75) is 94.5 Å². The van der Waals surface area contributed by atoms with E-state index in [-0.39, 0.29) is 24.1 Å². The molecule has 13 heteroatoms. The van der Waals surface area contributed by atoms with Crippen LogP contribution in [0.3, 0.4) is 0 Å². The van der Waals surface area contributed by atoms with Gasteiger partial charge < -0.3 is 13.9 Å². The number of alkyl halides is 4. The predicted octanol–water partition coefficient (Wildman–Crippen LogP) is 7.75. The number of imidazole rings is 1. The first kappa shape index (κ1) is 31.4. The Balaban J connectivity index is 1.29. The molecular formula is C32H35F4N3O5S. The molecule has 3 aromatic rings. The van der Waals surface area contributed by atoms with E-state index in [0.717, 1.165) is 54.4 Å². The highest BCUT2D eigenvalue weighted by Crippen LogP contribution is 2.55. The summed E-state index contributed by atoms with van der Waals surface area (Å²) in [4.78, 5) is 21.9. The smallest absolute Gasteiger partial charge is 0.444 e. The van der Waals surface area contributed by atoms with Crippen LogP contribution in [0.15, 0.2) is 42.6 Å². The number of benzene rings is 2. The van der Waals surface area contributed by atoms with Crippen LogP contribution in [0.5, 0.6) is 5.75 Å². The van der Waals surface area contributed by atoms with Gasteiger partial charge in [-0.25, -0.2) is 14.2 Å². The van der Waals surface area contributed by atoms with E-state index in [1.165, 1.54) is 11.0 Å². The summed E-state index contributed by atoms with van der Waals surface area (Å²) in [6, 6.07) is 9.89. The van der Waals surface area contributed by atoms with Gasteiger partial charge in [-0.1, -0.05) is 43.2 Å². The Labute approximate surface area is 259 Å². The van der Waals surface area contributed by atoms with Crippen molar-refractivity contribution in [3.8, 4) is 28.1 Å². The lowest BCUT2D eigenvalue weighted by molar-refractivity contribution is -0.0500. The Hall–Kier alpha value is -3.61. The molecule has 242 valence electrons. The summed E-state index contributed by atoms with van der Waals surface area (Å²) in [5.74, 6) is 0.184. The molecule has 2 aliphatic carbocycles. The van der Waals surface area contributed by atoms with Crippen LogP contribution in [-0.4, -0.2) is 53.2 Å². The number of aromatic nitrogens is 2. The molecule has 45 heavy (non-hydrogen) atoms. The number of likely N-dealkylation sites (tertiary alicyclic amines) is 1. The molecule has 2 aromatic carbocycles. The van der Waals surface area contributed by atoms with E-state index in [4.69, 9.17) is 4.74 Å². The minimum Gasteiger partial charge on any atom is -0.444 e. The van der Waals surface area contributed by atoms with Crippen molar-refractivity contribution in [2.24, 2.45) is 0 Å². The number of rotatable bonds is 5. The van der Waals surface area contributed by atoms with Crippen LogP contribution in [0.4, 0.5) is 22.4 Å². The van der Waals surface area contributed by atoms with Crippen LogP contribution < -0.4 is 4.18 Å². The Morgan fingerprint density at radius 3 is 2.33 bits per heavy atom. The van der Waals surface area contributed by atoms with Crippen LogP contribution in [-0.2, 0) is 26.7 Å². The molecule has 1 saturated heterocycles. The van der Waals surface area contributed by atoms with Crippen molar-refractivity contribution in [3.63, 3.8) is 0 Å². The topological polar surface area (TPSA) is 102 Å². The predicted molar refractivity (Wildman–Crippen MR) is 159 cm³/mol. The van der Waals surface area contributed by atoms with Crippen molar-refractivity contribution < 1.29 is 39.7 Å². The molecule has 2 heterocycles. The van der Waals surface area contributed by atoms with Gasteiger partial charge in [-0.3, -0.25) is 4.90 Å². The van der Waals surface area contributed by atoms with Gasteiger partial charge in [0.25, 0.3) is 0 Å². The van der Waals surface area contributed by atoms with Crippen LogP contribution in [0, 0.1) is 0 Å². The fourth-order valence-corrected chi connectivity index (χ4v) is 7.54. The molecule has 2 fully saturated rings. The van der Waals surface area contributed by atoms with E-state index in [2.05, 4.69) is 14.2 Å². The third-order valence-corrected chi connectivity index (χ3v) is 9.95. The van der Waals surface area contributed by atoms with Gasteiger partial charge in [0.1, 0.15) is 23.3 Å². The zero-order valence-electron chi connectivity index (χ0n) is 25.2. The minimum absolute atomic E-state index is 0.0813. The minimum atomic E-state index is -5.80. The number of fused-ring (bicyclic) bond motifs is 2. The summed E-state index contributed by atoms with van der Waals surface area (Å²) in [5.41, 5.74) is -2.07.